The maximum Gasteiger partial charge on any atom is 0.411 e. The van der Waals surface area contributed by atoms with Crippen LogP contribution in [0.25, 0.3) is 11.1 Å². The number of carbonyl (C=O) groups excluding carboxylic acids is 2. The quantitative estimate of drug-likeness (QED) is 0.487. The van der Waals surface area contributed by atoms with E-state index in [1.54, 1.807) is 25.1 Å². The Balaban J connectivity index is 1.47. The second kappa shape index (κ2) is 10.0. The number of carboxylic acid groups (broad SMARTS) is 1. The van der Waals surface area contributed by atoms with Crippen LogP contribution in [0.4, 0.5) is 10.5 Å². The average molecular weight is 473 g/mol. The summed E-state index contributed by atoms with van der Waals surface area (Å²) in [6.07, 6.45) is -0.334. The molecule has 0 radical (unpaired) electrons. The van der Waals surface area contributed by atoms with Crippen LogP contribution in [-0.4, -0.2) is 47.7 Å². The number of carboxylic acids is 1. The highest BCUT2D eigenvalue weighted by atomic mass is 16.5. The van der Waals surface area contributed by atoms with Crippen molar-refractivity contribution < 1.29 is 24.2 Å². The van der Waals surface area contributed by atoms with Gasteiger partial charge < -0.3 is 14.7 Å². The molecule has 180 valence electrons. The van der Waals surface area contributed by atoms with Crippen molar-refractivity contribution in [2.45, 2.75) is 32.2 Å². The second-order valence-electron chi connectivity index (χ2n) is 8.66. The van der Waals surface area contributed by atoms with Crippen molar-refractivity contribution in [3.05, 3.63) is 89.0 Å². The van der Waals surface area contributed by atoms with Crippen molar-refractivity contribution in [3.63, 3.8) is 0 Å². The number of hydrogen-bond acceptors (Lipinski definition) is 4. The van der Waals surface area contributed by atoms with Gasteiger partial charge in [0.2, 0.25) is 0 Å². The van der Waals surface area contributed by atoms with Crippen LogP contribution in [0.5, 0.6) is 0 Å². The first-order valence-electron chi connectivity index (χ1n) is 11.5. The molecule has 0 spiro atoms. The van der Waals surface area contributed by atoms with E-state index in [0.717, 1.165) is 27.8 Å². The Morgan fingerprint density at radius 3 is 2.17 bits per heavy atom. The van der Waals surface area contributed by atoms with Gasteiger partial charge in [-0.15, -0.1) is 0 Å². The summed E-state index contributed by atoms with van der Waals surface area (Å²) < 4.78 is 5.61. The molecule has 0 aliphatic heterocycles. The number of likely N-dealkylation sites (N-methyl/N-ethyl adjacent to an activating group) is 1. The lowest BCUT2D eigenvalue weighted by molar-refractivity contribution is -0.142. The number of hydrogen-bond donors (Lipinski definition) is 2. The predicted octanol–water partition coefficient (Wildman–Crippen LogP) is 5.29. The highest BCUT2D eigenvalue weighted by Crippen LogP contribution is 2.44. The number of aliphatic carboxylic acids is 1. The molecule has 1 unspecified atom stereocenters. The van der Waals surface area contributed by atoms with Gasteiger partial charge in [0.1, 0.15) is 12.6 Å². The molecule has 1 aliphatic carbocycles. The van der Waals surface area contributed by atoms with Crippen LogP contribution in [-0.2, 0) is 9.53 Å². The molecule has 0 aromatic heterocycles. The van der Waals surface area contributed by atoms with Crippen LogP contribution in [0, 0.1) is 6.92 Å². The molecule has 7 heteroatoms. The number of ether oxygens (including phenoxy) is 1. The standard InChI is InChI=1S/C28H28N2O5/c1-4-25(27(32)33)30(3)26(31)18-14-13-17(2)24(15-18)29-28(34)35-16-23-21-11-7-5-9-19(21)20-10-6-8-12-22(20)23/h5-15,23,25H,4,16H2,1-3H3,(H,29,34)(H,32,33). The van der Waals surface area contributed by atoms with E-state index in [2.05, 4.69) is 29.6 Å². The first-order chi connectivity index (χ1) is 16.8. The van der Waals surface area contributed by atoms with Crippen molar-refractivity contribution in [1.29, 1.82) is 0 Å². The SMILES string of the molecule is CCC(C(=O)O)N(C)C(=O)c1ccc(C)c(NC(=O)OCC2c3ccccc3-c3ccccc32)c1. The van der Waals surface area contributed by atoms with Gasteiger partial charge >= 0.3 is 12.1 Å². The summed E-state index contributed by atoms with van der Waals surface area (Å²) in [5.41, 5.74) is 6.01. The highest BCUT2D eigenvalue weighted by Gasteiger charge is 2.29. The number of benzene rings is 3. The van der Waals surface area contributed by atoms with Crippen LogP contribution in [0.3, 0.4) is 0 Å². The molecule has 2 N–H and O–H groups in total. The number of aryl methyl sites for hydroxylation is 1. The average Bonchev–Trinajstić information content (AvgIpc) is 3.17. The zero-order valence-electron chi connectivity index (χ0n) is 19.9. The zero-order valence-corrected chi connectivity index (χ0v) is 19.9. The molecule has 0 saturated heterocycles. The Hall–Kier alpha value is -4.13. The van der Waals surface area contributed by atoms with Crippen molar-refractivity contribution in [2.75, 3.05) is 19.0 Å². The maximum absolute atomic E-state index is 12.9. The van der Waals surface area contributed by atoms with E-state index in [4.69, 9.17) is 4.74 Å². The Morgan fingerprint density at radius 1 is 1.00 bits per heavy atom. The lowest BCUT2D eigenvalue weighted by Crippen LogP contribution is -2.42. The first kappa shape index (κ1) is 24.0. The Morgan fingerprint density at radius 2 is 1.60 bits per heavy atom. The highest BCUT2D eigenvalue weighted by molar-refractivity contribution is 5.98. The minimum atomic E-state index is -1.06. The summed E-state index contributed by atoms with van der Waals surface area (Å²) in [6.45, 7) is 3.70. The van der Waals surface area contributed by atoms with Crippen LogP contribution < -0.4 is 5.32 Å². The summed E-state index contributed by atoms with van der Waals surface area (Å²) in [4.78, 5) is 38.2. The van der Waals surface area contributed by atoms with E-state index >= 15 is 0 Å². The normalized spacial score (nSPS) is 12.9. The molecule has 0 fully saturated rings. The fourth-order valence-electron chi connectivity index (χ4n) is 4.59. The minimum Gasteiger partial charge on any atom is -0.480 e. The van der Waals surface area contributed by atoms with Gasteiger partial charge in [0.15, 0.2) is 0 Å². The van der Waals surface area contributed by atoms with Crippen molar-refractivity contribution >= 4 is 23.7 Å². The molecule has 1 atom stereocenters. The molecule has 3 aromatic carbocycles. The van der Waals surface area contributed by atoms with E-state index in [1.807, 2.05) is 31.2 Å². The topological polar surface area (TPSA) is 95.9 Å². The number of nitrogens with one attached hydrogen (secondary N) is 1. The summed E-state index contributed by atoms with van der Waals surface area (Å²) in [5, 5.41) is 12.1. The summed E-state index contributed by atoms with van der Waals surface area (Å²) >= 11 is 0. The molecule has 4 rings (SSSR count). The van der Waals surface area contributed by atoms with Gasteiger partial charge in [-0.25, -0.2) is 9.59 Å². The van der Waals surface area contributed by atoms with E-state index in [-0.39, 0.29) is 24.5 Å². The van der Waals surface area contributed by atoms with Crippen LogP contribution in [0.2, 0.25) is 0 Å². The fourth-order valence-corrected chi connectivity index (χ4v) is 4.59. The largest absolute Gasteiger partial charge is 0.480 e. The van der Waals surface area contributed by atoms with Crippen LogP contribution in [0.15, 0.2) is 66.7 Å². The molecule has 1 aliphatic rings. The van der Waals surface area contributed by atoms with Gasteiger partial charge in [-0.3, -0.25) is 10.1 Å². The van der Waals surface area contributed by atoms with E-state index in [1.165, 1.54) is 11.9 Å². The van der Waals surface area contributed by atoms with Gasteiger partial charge in [0.25, 0.3) is 5.91 Å². The summed E-state index contributed by atoms with van der Waals surface area (Å²) in [7, 11) is 1.46. The number of nitrogens with zero attached hydrogens (tertiary/aromatic N) is 1. The molecule has 0 heterocycles. The number of amides is 2. The first-order valence-corrected chi connectivity index (χ1v) is 11.5. The van der Waals surface area contributed by atoms with Crippen molar-refractivity contribution in [3.8, 4) is 11.1 Å². The Labute approximate surface area is 204 Å². The number of anilines is 1. The van der Waals surface area contributed by atoms with Gasteiger partial charge in [-0.2, -0.15) is 0 Å². The van der Waals surface area contributed by atoms with Gasteiger partial charge in [-0.1, -0.05) is 61.5 Å². The smallest absolute Gasteiger partial charge is 0.411 e. The molecule has 35 heavy (non-hydrogen) atoms. The van der Waals surface area contributed by atoms with Crippen LogP contribution in [0.1, 0.15) is 46.3 Å². The van der Waals surface area contributed by atoms with E-state index in [9.17, 15) is 19.5 Å². The fraction of sp³-hybridized carbons (Fsp3) is 0.250. The molecule has 2 amide bonds. The molecular formula is C28H28N2O5. The van der Waals surface area contributed by atoms with Crippen molar-refractivity contribution in [1.82, 2.24) is 4.90 Å². The van der Waals surface area contributed by atoms with E-state index in [0.29, 0.717) is 5.69 Å². The number of carbonyl (C=O) groups is 3. The zero-order chi connectivity index (χ0) is 25.1. The Kier molecular flexibility index (Phi) is 6.87. The van der Waals surface area contributed by atoms with Gasteiger partial charge in [-0.05, 0) is 53.3 Å². The third-order valence-electron chi connectivity index (χ3n) is 6.52. The van der Waals surface area contributed by atoms with Crippen molar-refractivity contribution in [2.24, 2.45) is 0 Å². The lowest BCUT2D eigenvalue weighted by Gasteiger charge is -2.24. The van der Waals surface area contributed by atoms with Gasteiger partial charge in [0, 0.05) is 24.2 Å². The maximum atomic E-state index is 12.9. The van der Waals surface area contributed by atoms with Crippen LogP contribution >= 0.6 is 0 Å². The Bertz CT molecular complexity index is 1240. The molecule has 3 aromatic rings. The predicted molar refractivity (Wildman–Crippen MR) is 134 cm³/mol. The molecule has 0 bridgehead atoms. The number of fused-ring (bicyclic) bond motifs is 3. The molecule has 0 saturated carbocycles. The molecule has 7 nitrogen and oxygen atoms in total. The lowest BCUT2D eigenvalue weighted by atomic mass is 9.98. The molecular weight excluding hydrogens is 444 g/mol. The monoisotopic (exact) mass is 472 g/mol. The third kappa shape index (κ3) is 4.75. The minimum absolute atomic E-state index is 0.0576. The second-order valence-corrected chi connectivity index (χ2v) is 8.66. The number of rotatable bonds is 7. The van der Waals surface area contributed by atoms with Gasteiger partial charge in [0.05, 0.1) is 0 Å². The summed E-state index contributed by atoms with van der Waals surface area (Å²) in [5.74, 6) is -1.56. The third-order valence-corrected chi connectivity index (χ3v) is 6.52. The van der Waals surface area contributed by atoms with E-state index < -0.39 is 24.0 Å². The summed E-state index contributed by atoms with van der Waals surface area (Å²) in [6, 6.07) is 20.2.